The number of aromatic nitrogens is 2. The molecule has 2 aromatic rings. The number of carbonyl (C=O) groups excluding carboxylic acids is 3. The number of Topliss-reactive ketones (excluding diaryl/α,β-unsaturated/α-hetero) is 1. The van der Waals surface area contributed by atoms with Crippen LogP contribution in [0.1, 0.15) is 32.0 Å². The highest BCUT2D eigenvalue weighted by molar-refractivity contribution is 6.35. The summed E-state index contributed by atoms with van der Waals surface area (Å²) < 4.78 is 11.3. The van der Waals surface area contributed by atoms with Crippen molar-refractivity contribution in [1.29, 1.82) is 0 Å². The summed E-state index contributed by atoms with van der Waals surface area (Å²) in [6.45, 7) is 5.03. The number of hydrogen-bond donors (Lipinski definition) is 0. The number of hydrogen-bond acceptors (Lipinski definition) is 6. The van der Waals surface area contributed by atoms with Gasteiger partial charge in [-0.1, -0.05) is 30.3 Å². The van der Waals surface area contributed by atoms with Crippen LogP contribution in [0.2, 0.25) is 0 Å². The fourth-order valence-corrected chi connectivity index (χ4v) is 2.14. The van der Waals surface area contributed by atoms with E-state index in [1.807, 2.05) is 30.3 Å². The molecule has 1 aromatic carbocycles. The summed E-state index contributed by atoms with van der Waals surface area (Å²) >= 11 is 0. The Labute approximate surface area is 157 Å². The zero-order valence-corrected chi connectivity index (χ0v) is 15.5. The van der Waals surface area contributed by atoms with E-state index in [1.165, 1.54) is 12.5 Å². The van der Waals surface area contributed by atoms with Crippen LogP contribution in [0.5, 0.6) is 0 Å². The van der Waals surface area contributed by atoms with Gasteiger partial charge in [0.2, 0.25) is 0 Å². The Bertz CT molecular complexity index is 808. The average molecular weight is 372 g/mol. The number of nitrogens with zero attached hydrogens (tertiary/aromatic N) is 2. The van der Waals surface area contributed by atoms with Crippen LogP contribution in [-0.4, -0.2) is 39.0 Å². The van der Waals surface area contributed by atoms with Crippen molar-refractivity contribution in [3.63, 3.8) is 0 Å². The van der Waals surface area contributed by atoms with Crippen LogP contribution in [-0.2, 0) is 32.1 Å². The summed E-state index contributed by atoms with van der Waals surface area (Å²) in [5, 5.41) is 0. The smallest absolute Gasteiger partial charge is 0.419 e. The predicted octanol–water partition coefficient (Wildman–Crippen LogP) is 2.17. The standard InChI is InChI=1S/C19H22N3O5/c1-19(2,3)27-17(24)16(23)15(20)9-14-10-22(12-21-14)18(25)26-11-13-7-5-4-6-8-13/h4-8,10,12,15,20H,9,11H2,1-3H3/t15-/m0/s1. The molecular formula is C19H22N3O5. The molecule has 0 aliphatic rings. The van der Waals surface area contributed by atoms with Crippen LogP contribution in [0.4, 0.5) is 4.79 Å². The van der Waals surface area contributed by atoms with Crippen LogP contribution < -0.4 is 5.73 Å². The molecule has 1 N–H and O–H groups in total. The predicted molar refractivity (Wildman–Crippen MR) is 95.7 cm³/mol. The van der Waals surface area contributed by atoms with E-state index in [9.17, 15) is 14.4 Å². The van der Waals surface area contributed by atoms with Gasteiger partial charge in [-0.3, -0.25) is 4.79 Å². The molecule has 8 heteroatoms. The first-order valence-electron chi connectivity index (χ1n) is 8.38. The highest BCUT2D eigenvalue weighted by atomic mass is 16.6. The largest absolute Gasteiger partial charge is 0.454 e. The molecule has 8 nitrogen and oxygen atoms in total. The lowest BCUT2D eigenvalue weighted by Gasteiger charge is -2.19. The Morgan fingerprint density at radius 1 is 1.19 bits per heavy atom. The molecule has 1 aromatic heterocycles. The van der Waals surface area contributed by atoms with E-state index >= 15 is 0 Å². The van der Waals surface area contributed by atoms with Gasteiger partial charge in [-0.05, 0) is 26.3 Å². The fourth-order valence-electron chi connectivity index (χ4n) is 2.14. The molecule has 0 aliphatic carbocycles. The first kappa shape index (κ1) is 20.3. The highest BCUT2D eigenvalue weighted by Crippen LogP contribution is 2.10. The van der Waals surface area contributed by atoms with Crippen molar-refractivity contribution in [2.75, 3.05) is 0 Å². The Morgan fingerprint density at radius 2 is 1.85 bits per heavy atom. The summed E-state index contributed by atoms with van der Waals surface area (Å²) in [5.74, 6) is -2.00. The molecule has 0 amide bonds. The Kier molecular flexibility index (Phi) is 6.46. The van der Waals surface area contributed by atoms with Gasteiger partial charge in [-0.2, -0.15) is 0 Å². The second-order valence-electron chi connectivity index (χ2n) is 6.94. The summed E-state index contributed by atoms with van der Waals surface area (Å²) in [7, 11) is 0. The number of esters is 1. The van der Waals surface area contributed by atoms with Gasteiger partial charge in [0, 0.05) is 12.6 Å². The third-order valence-electron chi connectivity index (χ3n) is 3.38. The Hall–Kier alpha value is -3.00. The van der Waals surface area contributed by atoms with Crippen molar-refractivity contribution in [2.45, 2.75) is 45.4 Å². The highest BCUT2D eigenvalue weighted by Gasteiger charge is 2.28. The van der Waals surface area contributed by atoms with Crippen molar-refractivity contribution in [3.05, 3.63) is 54.1 Å². The molecule has 2 rings (SSSR count). The van der Waals surface area contributed by atoms with Crippen molar-refractivity contribution in [2.24, 2.45) is 0 Å². The van der Waals surface area contributed by atoms with Crippen molar-refractivity contribution in [1.82, 2.24) is 15.3 Å². The van der Waals surface area contributed by atoms with E-state index in [2.05, 4.69) is 4.98 Å². The van der Waals surface area contributed by atoms with Crippen LogP contribution in [0.15, 0.2) is 42.9 Å². The molecule has 0 fully saturated rings. The molecule has 1 atom stereocenters. The topological polar surface area (TPSA) is 111 Å². The normalized spacial score (nSPS) is 12.3. The molecular weight excluding hydrogens is 350 g/mol. The van der Waals surface area contributed by atoms with Gasteiger partial charge < -0.3 is 9.47 Å². The van der Waals surface area contributed by atoms with Gasteiger partial charge in [0.05, 0.1) is 11.7 Å². The molecule has 0 spiro atoms. The summed E-state index contributed by atoms with van der Waals surface area (Å²) in [6.07, 6.45) is 1.87. The third kappa shape index (κ3) is 6.34. The van der Waals surface area contributed by atoms with Crippen molar-refractivity contribution < 1.29 is 23.9 Å². The average Bonchev–Trinajstić information content (AvgIpc) is 3.07. The van der Waals surface area contributed by atoms with E-state index in [-0.39, 0.29) is 13.0 Å². The van der Waals surface area contributed by atoms with Gasteiger partial charge in [-0.15, -0.1) is 0 Å². The molecule has 1 radical (unpaired) electrons. The number of imidazole rings is 1. The number of carbonyl (C=O) groups is 3. The molecule has 0 bridgehead atoms. The van der Waals surface area contributed by atoms with Gasteiger partial charge in [0.15, 0.2) is 0 Å². The molecule has 0 saturated carbocycles. The maximum Gasteiger partial charge on any atom is 0.419 e. The third-order valence-corrected chi connectivity index (χ3v) is 3.38. The van der Waals surface area contributed by atoms with Gasteiger partial charge >= 0.3 is 12.1 Å². The van der Waals surface area contributed by atoms with E-state index in [4.69, 9.17) is 15.2 Å². The van der Waals surface area contributed by atoms with Crippen molar-refractivity contribution in [3.8, 4) is 0 Å². The Balaban J connectivity index is 1.90. The van der Waals surface area contributed by atoms with Crippen molar-refractivity contribution >= 4 is 17.8 Å². The summed E-state index contributed by atoms with van der Waals surface area (Å²) in [4.78, 5) is 39.7. The van der Waals surface area contributed by atoms with E-state index < -0.39 is 29.5 Å². The van der Waals surface area contributed by atoms with Crippen LogP contribution in [0.3, 0.4) is 0 Å². The molecule has 143 valence electrons. The molecule has 0 unspecified atom stereocenters. The first-order valence-corrected chi connectivity index (χ1v) is 8.38. The van der Waals surface area contributed by atoms with Crippen LogP contribution in [0.25, 0.3) is 0 Å². The summed E-state index contributed by atoms with van der Waals surface area (Å²) in [6, 6.07) is 7.86. The second kappa shape index (κ2) is 8.59. The van der Waals surface area contributed by atoms with E-state index in [0.29, 0.717) is 5.69 Å². The quantitative estimate of drug-likeness (QED) is 0.567. The number of rotatable bonds is 6. The minimum Gasteiger partial charge on any atom is -0.454 e. The number of ketones is 1. The number of ether oxygens (including phenoxy) is 2. The van der Waals surface area contributed by atoms with Gasteiger partial charge in [0.25, 0.3) is 5.78 Å². The van der Waals surface area contributed by atoms with Crippen LogP contribution in [0, 0.1) is 0 Å². The lowest BCUT2D eigenvalue weighted by atomic mass is 10.1. The molecule has 0 saturated heterocycles. The molecule has 27 heavy (non-hydrogen) atoms. The zero-order valence-electron chi connectivity index (χ0n) is 15.5. The van der Waals surface area contributed by atoms with Gasteiger partial charge in [-0.25, -0.2) is 24.9 Å². The second-order valence-corrected chi connectivity index (χ2v) is 6.94. The maximum absolute atomic E-state index is 12.0. The Morgan fingerprint density at radius 3 is 2.48 bits per heavy atom. The number of nitrogens with one attached hydrogen (secondary N) is 1. The van der Waals surface area contributed by atoms with Gasteiger partial charge in [0.1, 0.15) is 18.5 Å². The van der Waals surface area contributed by atoms with E-state index in [0.717, 1.165) is 10.1 Å². The SMILES string of the molecule is CC(C)(C)OC(=O)C(=O)[C@@H]([NH])Cc1cn(C(=O)OCc2ccccc2)cn1. The summed E-state index contributed by atoms with van der Waals surface area (Å²) in [5.41, 5.74) is 8.21. The van der Waals surface area contributed by atoms with Crippen LogP contribution >= 0.6 is 0 Å². The molecule has 0 aliphatic heterocycles. The fraction of sp³-hybridized carbons (Fsp3) is 0.368. The van der Waals surface area contributed by atoms with E-state index in [1.54, 1.807) is 20.8 Å². The minimum atomic E-state index is -1.36. The zero-order chi connectivity index (χ0) is 20.0. The molecule has 1 heterocycles. The lowest BCUT2D eigenvalue weighted by Crippen LogP contribution is -2.37. The minimum absolute atomic E-state index is 0.114. The first-order chi connectivity index (χ1) is 12.7. The monoisotopic (exact) mass is 372 g/mol. The lowest BCUT2D eigenvalue weighted by molar-refractivity contribution is -0.163. The maximum atomic E-state index is 12.0. The number of benzene rings is 1.